The lowest BCUT2D eigenvalue weighted by Gasteiger charge is -2.17. The second-order valence-electron chi connectivity index (χ2n) is 5.06. The molecule has 1 atom stereocenters. The number of methoxy groups -OCH3 is 2. The minimum Gasteiger partial charge on any atom is -0.493 e. The summed E-state index contributed by atoms with van der Waals surface area (Å²) in [5, 5.41) is 7.46. The van der Waals surface area contributed by atoms with E-state index in [1.54, 1.807) is 25.1 Å². The number of imide groups is 1. The zero-order chi connectivity index (χ0) is 16.3. The van der Waals surface area contributed by atoms with Gasteiger partial charge in [0.15, 0.2) is 11.5 Å². The van der Waals surface area contributed by atoms with Crippen molar-refractivity contribution in [2.45, 2.75) is 25.8 Å². The average Bonchev–Trinajstić information content (AvgIpc) is 2.75. The van der Waals surface area contributed by atoms with Gasteiger partial charge < -0.3 is 14.8 Å². The Morgan fingerprint density at radius 3 is 2.59 bits per heavy atom. The van der Waals surface area contributed by atoms with E-state index in [2.05, 4.69) is 10.4 Å². The number of amides is 3. The van der Waals surface area contributed by atoms with E-state index in [1.807, 2.05) is 6.92 Å². The van der Waals surface area contributed by atoms with E-state index in [0.717, 1.165) is 5.01 Å². The molecule has 1 heterocycles. The van der Waals surface area contributed by atoms with Crippen molar-refractivity contribution in [3.05, 3.63) is 23.8 Å². The third-order valence-electron chi connectivity index (χ3n) is 3.69. The number of para-hydroxylation sites is 1. The maximum absolute atomic E-state index is 12.2. The van der Waals surface area contributed by atoms with E-state index in [4.69, 9.17) is 9.47 Å². The maximum Gasteiger partial charge on any atom is 0.346 e. The van der Waals surface area contributed by atoms with Crippen molar-refractivity contribution in [2.24, 2.45) is 5.10 Å². The molecule has 1 aliphatic heterocycles. The van der Waals surface area contributed by atoms with E-state index in [9.17, 15) is 9.59 Å². The quantitative estimate of drug-likeness (QED) is 0.664. The SMILES string of the molecule is CC[C@]1(C)NC(=O)N(/N=C\c2cccc(OC)c2OC)C1=O. The molecule has 7 nitrogen and oxygen atoms in total. The molecule has 0 spiro atoms. The lowest BCUT2D eigenvalue weighted by Crippen LogP contribution is -2.42. The summed E-state index contributed by atoms with van der Waals surface area (Å²) >= 11 is 0. The summed E-state index contributed by atoms with van der Waals surface area (Å²) in [6.07, 6.45) is 1.90. The molecule has 1 aromatic rings. The monoisotopic (exact) mass is 305 g/mol. The fourth-order valence-corrected chi connectivity index (χ4v) is 2.15. The first-order chi connectivity index (χ1) is 10.5. The van der Waals surface area contributed by atoms with Crippen molar-refractivity contribution in [2.75, 3.05) is 14.2 Å². The largest absolute Gasteiger partial charge is 0.493 e. The summed E-state index contributed by atoms with van der Waals surface area (Å²) in [5.41, 5.74) is -0.306. The summed E-state index contributed by atoms with van der Waals surface area (Å²) in [5.74, 6) is 0.652. The second kappa shape index (κ2) is 6.05. The minimum absolute atomic E-state index is 0.377. The molecule has 0 unspecified atom stereocenters. The van der Waals surface area contributed by atoms with E-state index >= 15 is 0 Å². The van der Waals surface area contributed by atoms with Crippen molar-refractivity contribution in [3.8, 4) is 11.5 Å². The highest BCUT2D eigenvalue weighted by Gasteiger charge is 2.46. The number of urea groups is 1. The smallest absolute Gasteiger partial charge is 0.346 e. The van der Waals surface area contributed by atoms with Gasteiger partial charge >= 0.3 is 6.03 Å². The molecule has 3 amide bonds. The molecular formula is C15H19N3O4. The first kappa shape index (κ1) is 15.8. The number of benzene rings is 1. The Kier molecular flexibility index (Phi) is 4.35. The van der Waals surface area contributed by atoms with E-state index in [1.165, 1.54) is 20.4 Å². The lowest BCUT2D eigenvalue weighted by atomic mass is 10.00. The maximum atomic E-state index is 12.2. The van der Waals surface area contributed by atoms with Crippen molar-refractivity contribution >= 4 is 18.2 Å². The van der Waals surface area contributed by atoms with Crippen LogP contribution in [0.15, 0.2) is 23.3 Å². The highest BCUT2D eigenvalue weighted by molar-refractivity contribution is 6.07. The number of carbonyl (C=O) groups excluding carboxylic acids is 2. The van der Waals surface area contributed by atoms with E-state index in [0.29, 0.717) is 23.5 Å². The fraction of sp³-hybridized carbons (Fsp3) is 0.400. The van der Waals surface area contributed by atoms with Gasteiger partial charge in [-0.15, -0.1) is 5.01 Å². The van der Waals surface area contributed by atoms with Gasteiger partial charge in [0.1, 0.15) is 5.54 Å². The van der Waals surface area contributed by atoms with Crippen molar-refractivity contribution in [1.29, 1.82) is 0 Å². The number of hydrogen-bond acceptors (Lipinski definition) is 5. The van der Waals surface area contributed by atoms with Gasteiger partial charge in [-0.05, 0) is 25.5 Å². The Hall–Kier alpha value is -2.57. The molecular weight excluding hydrogens is 286 g/mol. The Labute approximate surface area is 128 Å². The highest BCUT2D eigenvalue weighted by Crippen LogP contribution is 2.29. The molecule has 0 saturated carbocycles. The van der Waals surface area contributed by atoms with Crippen LogP contribution in [0.5, 0.6) is 11.5 Å². The van der Waals surface area contributed by atoms with Gasteiger partial charge in [0.05, 0.1) is 20.4 Å². The molecule has 1 N–H and O–H groups in total. The van der Waals surface area contributed by atoms with Gasteiger partial charge in [0, 0.05) is 5.56 Å². The molecule has 0 bridgehead atoms. The van der Waals surface area contributed by atoms with Crippen molar-refractivity contribution < 1.29 is 19.1 Å². The zero-order valence-corrected chi connectivity index (χ0v) is 13.0. The summed E-state index contributed by atoms with van der Waals surface area (Å²) < 4.78 is 10.5. The minimum atomic E-state index is -0.910. The number of nitrogens with one attached hydrogen (secondary N) is 1. The van der Waals surface area contributed by atoms with Crippen LogP contribution in [0.2, 0.25) is 0 Å². The third kappa shape index (κ3) is 2.61. The first-order valence-corrected chi connectivity index (χ1v) is 6.88. The highest BCUT2D eigenvalue weighted by atomic mass is 16.5. The first-order valence-electron chi connectivity index (χ1n) is 6.88. The lowest BCUT2D eigenvalue weighted by molar-refractivity contribution is -0.130. The van der Waals surface area contributed by atoms with Crippen LogP contribution in [-0.4, -0.2) is 42.9 Å². The van der Waals surface area contributed by atoms with Crippen LogP contribution in [0.1, 0.15) is 25.8 Å². The molecule has 1 aliphatic rings. The summed E-state index contributed by atoms with van der Waals surface area (Å²) in [6.45, 7) is 3.51. The van der Waals surface area contributed by atoms with Crippen LogP contribution in [0.4, 0.5) is 4.79 Å². The number of hydrogen-bond donors (Lipinski definition) is 1. The Morgan fingerprint density at radius 2 is 2.05 bits per heavy atom. The third-order valence-corrected chi connectivity index (χ3v) is 3.69. The molecule has 7 heteroatoms. The topological polar surface area (TPSA) is 80.2 Å². The van der Waals surface area contributed by atoms with Gasteiger partial charge in [0.2, 0.25) is 0 Å². The molecule has 2 rings (SSSR count). The Bertz CT molecular complexity index is 629. The normalized spacial score (nSPS) is 21.4. The fourth-order valence-electron chi connectivity index (χ4n) is 2.15. The molecule has 0 aliphatic carbocycles. The second-order valence-corrected chi connectivity index (χ2v) is 5.06. The number of hydrazone groups is 1. The molecule has 118 valence electrons. The standard InChI is InChI=1S/C15H19N3O4/c1-5-15(2)13(19)18(14(20)17-15)16-9-10-7-6-8-11(21-3)12(10)22-4/h6-9H,5H2,1-4H3,(H,17,20)/b16-9-/t15-/m0/s1. The average molecular weight is 305 g/mol. The number of carbonyl (C=O) groups is 2. The number of rotatable bonds is 5. The van der Waals surface area contributed by atoms with Crippen LogP contribution in [-0.2, 0) is 4.79 Å². The van der Waals surface area contributed by atoms with Gasteiger partial charge in [0.25, 0.3) is 5.91 Å². The molecule has 0 aromatic heterocycles. The van der Waals surface area contributed by atoms with Crippen LogP contribution in [0.25, 0.3) is 0 Å². The Morgan fingerprint density at radius 1 is 1.32 bits per heavy atom. The summed E-state index contributed by atoms with van der Waals surface area (Å²) in [4.78, 5) is 24.1. The summed E-state index contributed by atoms with van der Waals surface area (Å²) in [7, 11) is 3.04. The van der Waals surface area contributed by atoms with Crippen LogP contribution in [0.3, 0.4) is 0 Å². The van der Waals surface area contributed by atoms with E-state index < -0.39 is 11.6 Å². The van der Waals surface area contributed by atoms with Gasteiger partial charge in [-0.2, -0.15) is 5.10 Å². The van der Waals surface area contributed by atoms with Gasteiger partial charge in [-0.1, -0.05) is 13.0 Å². The summed E-state index contributed by atoms with van der Waals surface area (Å²) in [6, 6.07) is 4.73. The zero-order valence-electron chi connectivity index (χ0n) is 13.0. The van der Waals surface area contributed by atoms with Gasteiger partial charge in [-0.25, -0.2) is 4.79 Å². The predicted octanol–water partition coefficient (Wildman–Crippen LogP) is 1.76. The molecule has 1 fully saturated rings. The molecule has 1 saturated heterocycles. The van der Waals surface area contributed by atoms with Crippen LogP contribution >= 0.6 is 0 Å². The molecule has 0 radical (unpaired) electrons. The molecule has 22 heavy (non-hydrogen) atoms. The molecule has 1 aromatic carbocycles. The van der Waals surface area contributed by atoms with Crippen molar-refractivity contribution in [1.82, 2.24) is 10.3 Å². The van der Waals surface area contributed by atoms with Gasteiger partial charge in [-0.3, -0.25) is 4.79 Å². The van der Waals surface area contributed by atoms with Crippen LogP contribution in [0, 0.1) is 0 Å². The number of nitrogens with zero attached hydrogens (tertiary/aromatic N) is 2. The van der Waals surface area contributed by atoms with Crippen molar-refractivity contribution in [3.63, 3.8) is 0 Å². The Balaban J connectivity index is 2.30. The van der Waals surface area contributed by atoms with E-state index in [-0.39, 0.29) is 5.91 Å². The predicted molar refractivity (Wildman–Crippen MR) is 81.2 cm³/mol. The van der Waals surface area contributed by atoms with Crippen LogP contribution < -0.4 is 14.8 Å². The number of ether oxygens (including phenoxy) is 2.